The zero-order chi connectivity index (χ0) is 18.9. The number of amides is 2. The Bertz CT molecular complexity index is 858. The Morgan fingerprint density at radius 2 is 1.96 bits per heavy atom. The molecule has 2 aromatic carbocycles. The molecule has 0 bridgehead atoms. The van der Waals surface area contributed by atoms with Gasteiger partial charge in [-0.3, -0.25) is 9.59 Å². The summed E-state index contributed by atoms with van der Waals surface area (Å²) in [6.45, 7) is 8.45. The van der Waals surface area contributed by atoms with Gasteiger partial charge in [-0.15, -0.1) is 0 Å². The highest BCUT2D eigenvalue weighted by atomic mass is 16.5. The smallest absolute Gasteiger partial charge is 0.255 e. The highest BCUT2D eigenvalue weighted by Gasteiger charge is 2.37. The van der Waals surface area contributed by atoms with Crippen molar-refractivity contribution in [2.24, 2.45) is 5.41 Å². The van der Waals surface area contributed by atoms with Crippen molar-refractivity contribution in [3.63, 3.8) is 0 Å². The van der Waals surface area contributed by atoms with Crippen LogP contribution in [0.3, 0.4) is 0 Å². The quantitative estimate of drug-likeness (QED) is 0.908. The second-order valence-electron chi connectivity index (χ2n) is 7.17. The minimum absolute atomic E-state index is 0.0149. The van der Waals surface area contributed by atoms with Gasteiger partial charge in [0.1, 0.15) is 12.4 Å². The lowest BCUT2D eigenvalue weighted by Crippen LogP contribution is -2.42. The van der Waals surface area contributed by atoms with Crippen molar-refractivity contribution >= 4 is 23.2 Å². The van der Waals surface area contributed by atoms with E-state index in [0.717, 1.165) is 5.56 Å². The van der Waals surface area contributed by atoms with Crippen molar-refractivity contribution < 1.29 is 14.3 Å². The molecule has 5 nitrogen and oxygen atoms in total. The minimum atomic E-state index is -0.598. The van der Waals surface area contributed by atoms with Crippen LogP contribution >= 0.6 is 0 Å². The van der Waals surface area contributed by atoms with Crippen molar-refractivity contribution in [3.05, 3.63) is 53.6 Å². The molecule has 0 unspecified atom stereocenters. The van der Waals surface area contributed by atoms with E-state index >= 15 is 0 Å². The molecule has 0 aliphatic carbocycles. The van der Waals surface area contributed by atoms with Gasteiger partial charge in [0.05, 0.1) is 11.1 Å². The number of ether oxygens (including phenoxy) is 1. The Labute approximate surface area is 154 Å². The normalized spacial score (nSPS) is 15.7. The molecule has 0 radical (unpaired) electrons. The van der Waals surface area contributed by atoms with E-state index in [4.69, 9.17) is 4.74 Å². The van der Waals surface area contributed by atoms with Crippen LogP contribution in [0.4, 0.5) is 11.4 Å². The third-order valence-corrected chi connectivity index (χ3v) is 4.63. The Morgan fingerprint density at radius 1 is 1.23 bits per heavy atom. The van der Waals surface area contributed by atoms with Gasteiger partial charge in [-0.1, -0.05) is 18.2 Å². The maximum Gasteiger partial charge on any atom is 0.255 e. The molecule has 1 N–H and O–H groups in total. The molecule has 0 saturated carbocycles. The molecule has 136 valence electrons. The molecule has 0 aromatic heterocycles. The molecule has 0 atom stereocenters. The Morgan fingerprint density at radius 3 is 2.65 bits per heavy atom. The summed E-state index contributed by atoms with van der Waals surface area (Å²) in [5.74, 6) is 0.494. The molecule has 0 spiro atoms. The van der Waals surface area contributed by atoms with E-state index in [1.165, 1.54) is 0 Å². The standard InChI is InChI=1S/C21H24N2O3/c1-5-23-17-12-15(22-19(24)16-9-7-6-8-14(16)2)10-11-18(17)26-13-21(3,4)20(23)25/h6-12H,5,13H2,1-4H3,(H,22,24). The van der Waals surface area contributed by atoms with E-state index in [0.29, 0.717) is 35.8 Å². The van der Waals surface area contributed by atoms with Crippen LogP contribution in [0, 0.1) is 12.3 Å². The average Bonchev–Trinajstić information content (AvgIpc) is 2.70. The second-order valence-corrected chi connectivity index (χ2v) is 7.17. The fraction of sp³-hybridized carbons (Fsp3) is 0.333. The molecular formula is C21H24N2O3. The van der Waals surface area contributed by atoms with Gasteiger partial charge >= 0.3 is 0 Å². The van der Waals surface area contributed by atoms with Crippen LogP contribution in [0.2, 0.25) is 0 Å². The Kier molecular flexibility index (Phi) is 4.72. The summed E-state index contributed by atoms with van der Waals surface area (Å²) in [6.07, 6.45) is 0. The first-order valence-corrected chi connectivity index (χ1v) is 8.79. The number of aryl methyl sites for hydroxylation is 1. The Hall–Kier alpha value is -2.82. The van der Waals surface area contributed by atoms with Crippen LogP contribution in [0.25, 0.3) is 0 Å². The Balaban J connectivity index is 1.93. The lowest BCUT2D eigenvalue weighted by Gasteiger charge is -2.27. The van der Waals surface area contributed by atoms with Gasteiger partial charge in [0.2, 0.25) is 5.91 Å². The summed E-state index contributed by atoms with van der Waals surface area (Å²) >= 11 is 0. The number of hydrogen-bond donors (Lipinski definition) is 1. The SMILES string of the molecule is CCN1C(=O)C(C)(C)COc2ccc(NC(=O)c3ccccc3C)cc21. The van der Waals surface area contributed by atoms with Gasteiger partial charge in [-0.25, -0.2) is 0 Å². The summed E-state index contributed by atoms with van der Waals surface area (Å²) in [4.78, 5) is 27.1. The van der Waals surface area contributed by atoms with E-state index in [1.54, 1.807) is 29.2 Å². The zero-order valence-corrected chi connectivity index (χ0v) is 15.6. The van der Waals surface area contributed by atoms with Crippen LogP contribution < -0.4 is 15.0 Å². The molecule has 5 heteroatoms. The van der Waals surface area contributed by atoms with Gasteiger partial charge in [0.15, 0.2) is 0 Å². The molecule has 1 heterocycles. The number of nitrogens with one attached hydrogen (secondary N) is 1. The molecule has 1 aliphatic heterocycles. The van der Waals surface area contributed by atoms with E-state index < -0.39 is 5.41 Å². The summed E-state index contributed by atoms with van der Waals surface area (Å²) < 4.78 is 5.85. The van der Waals surface area contributed by atoms with Gasteiger partial charge in [0.25, 0.3) is 5.91 Å². The molecule has 26 heavy (non-hydrogen) atoms. The predicted octanol–water partition coefficient (Wildman–Crippen LogP) is 4.02. The number of anilines is 2. The van der Waals surface area contributed by atoms with Crippen molar-refractivity contribution in [2.45, 2.75) is 27.7 Å². The molecular weight excluding hydrogens is 328 g/mol. The van der Waals surface area contributed by atoms with Gasteiger partial charge in [-0.05, 0) is 57.5 Å². The van der Waals surface area contributed by atoms with Crippen LogP contribution in [0.15, 0.2) is 42.5 Å². The molecule has 1 aliphatic rings. The highest BCUT2D eigenvalue weighted by Crippen LogP contribution is 2.38. The zero-order valence-electron chi connectivity index (χ0n) is 15.6. The van der Waals surface area contributed by atoms with Crippen LogP contribution in [0.5, 0.6) is 5.75 Å². The first kappa shape index (κ1) is 18.0. The maximum atomic E-state index is 12.8. The largest absolute Gasteiger partial charge is 0.490 e. The lowest BCUT2D eigenvalue weighted by atomic mass is 9.93. The minimum Gasteiger partial charge on any atom is -0.490 e. The predicted molar refractivity (Wildman–Crippen MR) is 103 cm³/mol. The van der Waals surface area contributed by atoms with Crippen molar-refractivity contribution in [3.8, 4) is 5.75 Å². The number of benzene rings is 2. The summed E-state index contributed by atoms with van der Waals surface area (Å²) in [7, 11) is 0. The van der Waals surface area contributed by atoms with E-state index in [9.17, 15) is 9.59 Å². The van der Waals surface area contributed by atoms with Gasteiger partial charge in [0, 0.05) is 17.8 Å². The van der Waals surface area contributed by atoms with Crippen molar-refractivity contribution in [2.75, 3.05) is 23.4 Å². The second kappa shape index (κ2) is 6.83. The number of fused-ring (bicyclic) bond motifs is 1. The first-order chi connectivity index (χ1) is 12.3. The topological polar surface area (TPSA) is 58.6 Å². The third kappa shape index (κ3) is 3.29. The number of nitrogens with zero attached hydrogens (tertiary/aromatic N) is 1. The molecule has 0 saturated heterocycles. The van der Waals surface area contributed by atoms with Gasteiger partial charge < -0.3 is 15.0 Å². The summed E-state index contributed by atoms with van der Waals surface area (Å²) in [5, 5.41) is 2.92. The van der Waals surface area contributed by atoms with Crippen LogP contribution in [-0.2, 0) is 4.79 Å². The fourth-order valence-corrected chi connectivity index (χ4v) is 3.06. The molecule has 2 aromatic rings. The van der Waals surface area contributed by atoms with Crippen molar-refractivity contribution in [1.29, 1.82) is 0 Å². The maximum absolute atomic E-state index is 12.8. The molecule has 3 rings (SSSR count). The monoisotopic (exact) mass is 352 g/mol. The van der Waals surface area contributed by atoms with Crippen LogP contribution in [-0.4, -0.2) is 25.0 Å². The van der Waals surface area contributed by atoms with Crippen molar-refractivity contribution in [1.82, 2.24) is 0 Å². The van der Waals surface area contributed by atoms with Crippen LogP contribution in [0.1, 0.15) is 36.7 Å². The van der Waals surface area contributed by atoms with E-state index in [-0.39, 0.29) is 11.8 Å². The van der Waals surface area contributed by atoms with E-state index in [1.807, 2.05) is 45.9 Å². The summed E-state index contributed by atoms with van der Waals surface area (Å²) in [5.41, 5.74) is 2.26. The number of carbonyl (C=O) groups is 2. The number of rotatable bonds is 3. The average molecular weight is 352 g/mol. The van der Waals surface area contributed by atoms with E-state index in [2.05, 4.69) is 5.32 Å². The molecule has 0 fully saturated rings. The lowest BCUT2D eigenvalue weighted by molar-refractivity contribution is -0.127. The fourth-order valence-electron chi connectivity index (χ4n) is 3.06. The number of hydrogen-bond acceptors (Lipinski definition) is 3. The van der Waals surface area contributed by atoms with Gasteiger partial charge in [-0.2, -0.15) is 0 Å². The summed E-state index contributed by atoms with van der Waals surface area (Å²) in [6, 6.07) is 12.8. The highest BCUT2D eigenvalue weighted by molar-refractivity contribution is 6.06. The first-order valence-electron chi connectivity index (χ1n) is 8.79. The number of carbonyl (C=O) groups excluding carboxylic acids is 2. The third-order valence-electron chi connectivity index (χ3n) is 4.63. The molecule has 2 amide bonds.